The molecular formula is C17H16N4O. The molecule has 0 aliphatic carbocycles. The van der Waals surface area contributed by atoms with Crippen molar-refractivity contribution in [3.05, 3.63) is 46.9 Å². The van der Waals surface area contributed by atoms with Gasteiger partial charge in [0.05, 0.1) is 11.6 Å². The molecule has 2 aromatic rings. The molecule has 0 radical (unpaired) electrons. The number of fused-ring (bicyclic) bond motifs is 3. The number of carbonyl (C=O) groups excluding carboxylic acids is 1. The number of allylic oxidation sites excluding steroid dienone is 1. The summed E-state index contributed by atoms with van der Waals surface area (Å²) in [4.78, 5) is 17.9. The van der Waals surface area contributed by atoms with Gasteiger partial charge in [-0.25, -0.2) is 0 Å². The van der Waals surface area contributed by atoms with Crippen LogP contribution in [0.25, 0.3) is 10.9 Å². The molecule has 1 amide bonds. The molecule has 0 unspecified atom stereocenters. The standard InChI is InChI=1S/C17H16N4O/c18-10-11-9-13-12-5-1-2-6-14(12)19-15(13)17(22)20-16(11)21-7-3-4-8-21/h1-2,5-6,19H,3-4,7-9H2,(H,20,22). The third-order valence-electron chi connectivity index (χ3n) is 4.47. The SMILES string of the molecule is N#CC1=C(N2CCCC2)NC(=O)c2[nH]c3ccccc3c2C1. The van der Waals surface area contributed by atoms with Gasteiger partial charge in [0.15, 0.2) is 0 Å². The van der Waals surface area contributed by atoms with Crippen LogP contribution in [0.15, 0.2) is 35.7 Å². The van der Waals surface area contributed by atoms with Crippen LogP contribution in [-0.2, 0) is 6.42 Å². The molecule has 2 aliphatic rings. The zero-order valence-electron chi connectivity index (χ0n) is 12.1. The van der Waals surface area contributed by atoms with Gasteiger partial charge in [0.25, 0.3) is 5.91 Å². The van der Waals surface area contributed by atoms with E-state index in [-0.39, 0.29) is 5.91 Å². The summed E-state index contributed by atoms with van der Waals surface area (Å²) in [5, 5.41) is 13.5. The molecule has 2 aliphatic heterocycles. The van der Waals surface area contributed by atoms with E-state index in [2.05, 4.69) is 21.3 Å². The molecule has 1 aromatic carbocycles. The number of amides is 1. The van der Waals surface area contributed by atoms with Gasteiger partial charge in [-0.3, -0.25) is 4.79 Å². The summed E-state index contributed by atoms with van der Waals surface area (Å²) in [6, 6.07) is 10.1. The zero-order valence-corrected chi connectivity index (χ0v) is 12.1. The summed E-state index contributed by atoms with van der Waals surface area (Å²) >= 11 is 0. The normalized spacial score (nSPS) is 18.1. The Hall–Kier alpha value is -2.74. The Morgan fingerprint density at radius 2 is 1.95 bits per heavy atom. The van der Waals surface area contributed by atoms with Crippen LogP contribution < -0.4 is 5.32 Å². The Balaban J connectivity index is 1.87. The van der Waals surface area contributed by atoms with Crippen LogP contribution in [0.4, 0.5) is 0 Å². The molecule has 0 saturated carbocycles. The lowest BCUT2D eigenvalue weighted by atomic mass is 10.0. The molecule has 1 aromatic heterocycles. The van der Waals surface area contributed by atoms with Gasteiger partial charge in [0.1, 0.15) is 11.5 Å². The number of para-hydroxylation sites is 1. The minimum Gasteiger partial charge on any atom is -0.357 e. The Labute approximate surface area is 128 Å². The maximum atomic E-state index is 12.6. The third kappa shape index (κ3) is 1.88. The Morgan fingerprint density at radius 3 is 2.73 bits per heavy atom. The fourth-order valence-electron chi connectivity index (χ4n) is 3.39. The highest BCUT2D eigenvalue weighted by Crippen LogP contribution is 2.29. The second kappa shape index (κ2) is 4.92. The topological polar surface area (TPSA) is 71.9 Å². The van der Waals surface area contributed by atoms with Crippen molar-refractivity contribution < 1.29 is 4.79 Å². The number of H-pyrrole nitrogens is 1. The van der Waals surface area contributed by atoms with Gasteiger partial charge < -0.3 is 15.2 Å². The molecule has 5 heteroatoms. The Kier molecular flexibility index (Phi) is 2.90. The molecule has 2 N–H and O–H groups in total. The Bertz CT molecular complexity index is 834. The molecule has 0 atom stereocenters. The number of benzene rings is 1. The number of aromatic amines is 1. The summed E-state index contributed by atoms with van der Waals surface area (Å²) in [5.74, 6) is 0.539. The molecule has 5 nitrogen and oxygen atoms in total. The highest BCUT2D eigenvalue weighted by molar-refractivity contribution is 6.02. The van der Waals surface area contributed by atoms with Gasteiger partial charge in [-0.15, -0.1) is 0 Å². The van der Waals surface area contributed by atoms with E-state index in [1.54, 1.807) is 0 Å². The number of carbonyl (C=O) groups is 1. The van der Waals surface area contributed by atoms with E-state index in [4.69, 9.17) is 0 Å². The second-order valence-corrected chi connectivity index (χ2v) is 5.79. The largest absolute Gasteiger partial charge is 0.357 e. The highest BCUT2D eigenvalue weighted by Gasteiger charge is 2.28. The quantitative estimate of drug-likeness (QED) is 0.847. The number of rotatable bonds is 1. The summed E-state index contributed by atoms with van der Waals surface area (Å²) in [5.41, 5.74) is 3.06. The third-order valence-corrected chi connectivity index (χ3v) is 4.47. The summed E-state index contributed by atoms with van der Waals surface area (Å²) < 4.78 is 0. The average molecular weight is 292 g/mol. The zero-order chi connectivity index (χ0) is 15.1. The van der Waals surface area contributed by atoms with Crippen LogP contribution in [0.3, 0.4) is 0 Å². The first-order valence-corrected chi connectivity index (χ1v) is 7.57. The molecule has 1 fully saturated rings. The molecular weight excluding hydrogens is 276 g/mol. The Morgan fingerprint density at radius 1 is 1.18 bits per heavy atom. The second-order valence-electron chi connectivity index (χ2n) is 5.79. The monoisotopic (exact) mass is 292 g/mol. The van der Waals surface area contributed by atoms with Crippen molar-refractivity contribution in [2.24, 2.45) is 0 Å². The summed E-state index contributed by atoms with van der Waals surface area (Å²) in [6.45, 7) is 1.80. The molecule has 0 bridgehead atoms. The van der Waals surface area contributed by atoms with Crippen molar-refractivity contribution in [2.75, 3.05) is 13.1 Å². The van der Waals surface area contributed by atoms with E-state index in [1.807, 2.05) is 24.3 Å². The molecule has 22 heavy (non-hydrogen) atoms. The minimum atomic E-state index is -0.154. The van der Waals surface area contributed by atoms with E-state index in [0.717, 1.165) is 42.4 Å². The van der Waals surface area contributed by atoms with Crippen molar-refractivity contribution >= 4 is 16.8 Å². The van der Waals surface area contributed by atoms with Crippen LogP contribution in [0.2, 0.25) is 0 Å². The van der Waals surface area contributed by atoms with E-state index < -0.39 is 0 Å². The summed E-state index contributed by atoms with van der Waals surface area (Å²) in [7, 11) is 0. The van der Waals surface area contributed by atoms with E-state index in [9.17, 15) is 10.1 Å². The first-order chi connectivity index (χ1) is 10.8. The molecule has 4 rings (SSSR count). The number of nitrogens with one attached hydrogen (secondary N) is 2. The van der Waals surface area contributed by atoms with Gasteiger partial charge in [-0.1, -0.05) is 18.2 Å². The predicted octanol–water partition coefficient (Wildman–Crippen LogP) is 2.28. The van der Waals surface area contributed by atoms with Crippen LogP contribution >= 0.6 is 0 Å². The van der Waals surface area contributed by atoms with E-state index in [0.29, 0.717) is 23.5 Å². The number of aromatic nitrogens is 1. The van der Waals surface area contributed by atoms with Crippen molar-refractivity contribution in [3.8, 4) is 6.07 Å². The van der Waals surface area contributed by atoms with E-state index >= 15 is 0 Å². The molecule has 1 saturated heterocycles. The minimum absolute atomic E-state index is 0.154. The van der Waals surface area contributed by atoms with Crippen molar-refractivity contribution in [1.82, 2.24) is 15.2 Å². The maximum absolute atomic E-state index is 12.6. The van der Waals surface area contributed by atoms with Gasteiger partial charge in [-0.2, -0.15) is 5.26 Å². The van der Waals surface area contributed by atoms with Gasteiger partial charge in [0, 0.05) is 30.4 Å². The van der Waals surface area contributed by atoms with Crippen LogP contribution in [-0.4, -0.2) is 28.9 Å². The smallest absolute Gasteiger partial charge is 0.273 e. The lowest BCUT2D eigenvalue weighted by molar-refractivity contribution is 0.0950. The van der Waals surface area contributed by atoms with Crippen molar-refractivity contribution in [3.63, 3.8) is 0 Å². The number of nitriles is 1. The number of hydrogen-bond donors (Lipinski definition) is 2. The predicted molar refractivity (Wildman–Crippen MR) is 82.9 cm³/mol. The maximum Gasteiger partial charge on any atom is 0.273 e. The highest BCUT2D eigenvalue weighted by atomic mass is 16.2. The van der Waals surface area contributed by atoms with Crippen molar-refractivity contribution in [2.45, 2.75) is 19.3 Å². The molecule has 3 heterocycles. The number of nitrogens with zero attached hydrogens (tertiary/aromatic N) is 2. The summed E-state index contributed by atoms with van der Waals surface area (Å²) in [6.07, 6.45) is 2.69. The average Bonchev–Trinajstić information content (AvgIpc) is 3.16. The number of hydrogen-bond acceptors (Lipinski definition) is 3. The fraction of sp³-hybridized carbons (Fsp3) is 0.294. The molecule has 0 spiro atoms. The molecule has 110 valence electrons. The first-order valence-electron chi connectivity index (χ1n) is 7.57. The first kappa shape index (κ1) is 13.0. The van der Waals surface area contributed by atoms with Crippen LogP contribution in [0.5, 0.6) is 0 Å². The van der Waals surface area contributed by atoms with Crippen LogP contribution in [0, 0.1) is 11.3 Å². The van der Waals surface area contributed by atoms with Crippen LogP contribution in [0.1, 0.15) is 28.9 Å². The van der Waals surface area contributed by atoms with E-state index in [1.165, 1.54) is 0 Å². The van der Waals surface area contributed by atoms with Gasteiger partial charge in [0.2, 0.25) is 0 Å². The van der Waals surface area contributed by atoms with Crippen molar-refractivity contribution in [1.29, 1.82) is 5.26 Å². The fourth-order valence-corrected chi connectivity index (χ4v) is 3.39. The van der Waals surface area contributed by atoms with Gasteiger partial charge in [-0.05, 0) is 24.5 Å². The lowest BCUT2D eigenvalue weighted by Crippen LogP contribution is -2.34. The van der Waals surface area contributed by atoms with Gasteiger partial charge >= 0.3 is 0 Å². The number of likely N-dealkylation sites (tertiary alicyclic amines) is 1. The lowest BCUT2D eigenvalue weighted by Gasteiger charge is -2.22.